The van der Waals surface area contributed by atoms with Crippen LogP contribution in [-0.2, 0) is 27.7 Å². The predicted molar refractivity (Wildman–Crippen MR) is 141 cm³/mol. The Morgan fingerprint density at radius 2 is 1.77 bits per heavy atom. The van der Waals surface area contributed by atoms with E-state index < -0.39 is 14.2 Å². The Hall–Kier alpha value is -3.10. The topological polar surface area (TPSA) is 72.6 Å². The van der Waals surface area contributed by atoms with Crippen LogP contribution in [0.4, 0.5) is 10.5 Å². The number of benzene rings is 2. The molecule has 0 spiro atoms. The summed E-state index contributed by atoms with van der Waals surface area (Å²) < 4.78 is 12.7. The maximum atomic E-state index is 12.6. The van der Waals surface area contributed by atoms with Gasteiger partial charge in [-0.2, -0.15) is 0 Å². The number of para-hydroxylation sites is 2. The van der Waals surface area contributed by atoms with Crippen molar-refractivity contribution in [2.45, 2.75) is 44.2 Å². The Bertz CT molecular complexity index is 1220. The Labute approximate surface area is 208 Å². The van der Waals surface area contributed by atoms with Gasteiger partial charge in [0.1, 0.15) is 6.04 Å². The van der Waals surface area contributed by atoms with Crippen LogP contribution in [0.3, 0.4) is 0 Å². The third kappa shape index (κ3) is 5.77. The van der Waals surface area contributed by atoms with Gasteiger partial charge in [-0.1, -0.05) is 56.0 Å². The molecule has 1 amide bonds. The number of nitrogens with zero attached hydrogens (tertiary/aromatic N) is 2. The van der Waals surface area contributed by atoms with Gasteiger partial charge in [0, 0.05) is 44.5 Å². The van der Waals surface area contributed by atoms with E-state index in [4.69, 9.17) is 9.47 Å². The van der Waals surface area contributed by atoms with Crippen LogP contribution in [-0.4, -0.2) is 55.9 Å². The smallest absolute Gasteiger partial charge is 0.411 e. The molecule has 35 heavy (non-hydrogen) atoms. The van der Waals surface area contributed by atoms with Crippen LogP contribution in [0.5, 0.6) is 0 Å². The summed E-state index contributed by atoms with van der Waals surface area (Å²) in [5.74, 6) is -0.263. The number of ether oxygens (including phenoxy) is 2. The number of rotatable bonds is 9. The number of methoxy groups -OCH3 is 1. The second-order valence-corrected chi connectivity index (χ2v) is 16.0. The van der Waals surface area contributed by atoms with Crippen LogP contribution in [0, 0.1) is 0 Å². The Kier molecular flexibility index (Phi) is 7.33. The number of carbonyl (C=O) groups is 2. The van der Waals surface area contributed by atoms with Crippen LogP contribution in [0.15, 0.2) is 54.7 Å². The third-order valence-corrected chi connectivity index (χ3v) is 8.29. The zero-order valence-electron chi connectivity index (χ0n) is 21.2. The van der Waals surface area contributed by atoms with E-state index in [-0.39, 0.29) is 18.1 Å². The number of nitrogens with one attached hydrogen (secondary N) is 1. The predicted octanol–water partition coefficient (Wildman–Crippen LogP) is 5.21. The van der Waals surface area contributed by atoms with Crippen molar-refractivity contribution in [3.63, 3.8) is 0 Å². The van der Waals surface area contributed by atoms with Gasteiger partial charge in [-0.3, -0.25) is 15.0 Å². The van der Waals surface area contributed by atoms with Gasteiger partial charge in [-0.05, 0) is 35.7 Å². The SMILES string of the molecule is COC(=O)[C@H]1[C@H](c2ccccc2NC(=O)OCC[Si](C)(C)C)N1CCc1cn(C)c2ccccc12. The third-order valence-electron chi connectivity index (χ3n) is 6.59. The van der Waals surface area contributed by atoms with Crippen molar-refractivity contribution in [2.24, 2.45) is 7.05 Å². The van der Waals surface area contributed by atoms with E-state index in [9.17, 15) is 9.59 Å². The molecule has 1 saturated heterocycles. The molecule has 0 aliphatic carbocycles. The molecule has 0 bridgehead atoms. The van der Waals surface area contributed by atoms with Gasteiger partial charge in [0.05, 0.1) is 19.8 Å². The molecule has 4 rings (SSSR count). The second kappa shape index (κ2) is 10.3. The first kappa shape index (κ1) is 25.0. The van der Waals surface area contributed by atoms with Crippen molar-refractivity contribution < 1.29 is 19.1 Å². The highest BCUT2D eigenvalue weighted by Crippen LogP contribution is 2.46. The van der Waals surface area contributed by atoms with E-state index in [1.54, 1.807) is 0 Å². The van der Waals surface area contributed by atoms with Gasteiger partial charge in [-0.15, -0.1) is 0 Å². The fourth-order valence-electron chi connectivity index (χ4n) is 4.63. The molecule has 2 heterocycles. The van der Waals surface area contributed by atoms with Crippen molar-refractivity contribution in [2.75, 3.05) is 25.6 Å². The number of esters is 1. The lowest BCUT2D eigenvalue weighted by Gasteiger charge is -2.16. The minimum Gasteiger partial charge on any atom is -0.468 e. The number of amides is 1. The van der Waals surface area contributed by atoms with Crippen molar-refractivity contribution in [1.82, 2.24) is 9.47 Å². The molecule has 0 radical (unpaired) electrons. The molecule has 1 aromatic heterocycles. The Balaban J connectivity index is 1.48. The summed E-state index contributed by atoms with van der Waals surface area (Å²) in [5, 5.41) is 4.12. The van der Waals surface area contributed by atoms with E-state index in [0.29, 0.717) is 18.8 Å². The quantitative estimate of drug-likeness (QED) is 0.252. The number of aromatic nitrogens is 1. The number of anilines is 1. The molecule has 8 heteroatoms. The first-order valence-corrected chi connectivity index (χ1v) is 15.8. The molecule has 2 aromatic carbocycles. The van der Waals surface area contributed by atoms with Gasteiger partial charge in [0.2, 0.25) is 0 Å². The molecule has 1 fully saturated rings. The average molecular weight is 494 g/mol. The summed E-state index contributed by atoms with van der Waals surface area (Å²) >= 11 is 0. The molecule has 0 saturated carbocycles. The monoisotopic (exact) mass is 493 g/mol. The minimum atomic E-state index is -1.29. The number of fused-ring (bicyclic) bond motifs is 1. The fraction of sp³-hybridized carbons (Fsp3) is 0.407. The van der Waals surface area contributed by atoms with E-state index in [1.165, 1.54) is 23.6 Å². The minimum absolute atomic E-state index is 0.157. The summed E-state index contributed by atoms with van der Waals surface area (Å²) in [6, 6.07) is 16.3. The second-order valence-electron chi connectivity index (χ2n) is 10.3. The molecule has 1 aliphatic heterocycles. The molecule has 1 aliphatic rings. The Morgan fingerprint density at radius 1 is 1.06 bits per heavy atom. The van der Waals surface area contributed by atoms with Crippen LogP contribution in [0.25, 0.3) is 10.9 Å². The molecule has 7 nitrogen and oxygen atoms in total. The number of hydrogen-bond donors (Lipinski definition) is 1. The highest BCUT2D eigenvalue weighted by atomic mass is 28.3. The Morgan fingerprint density at radius 3 is 2.51 bits per heavy atom. The van der Waals surface area contributed by atoms with Crippen molar-refractivity contribution >= 4 is 36.7 Å². The zero-order chi connectivity index (χ0) is 25.2. The molecular formula is C27H35N3O4Si. The normalized spacial score (nSPS) is 19.4. The molecule has 3 aromatic rings. The average Bonchev–Trinajstić information content (AvgIpc) is 3.45. The summed E-state index contributed by atoms with van der Waals surface area (Å²) in [4.78, 5) is 27.2. The molecule has 1 N–H and O–H groups in total. The lowest BCUT2D eigenvalue weighted by Crippen LogP contribution is -2.24. The van der Waals surface area contributed by atoms with Gasteiger partial charge in [0.25, 0.3) is 0 Å². The van der Waals surface area contributed by atoms with Gasteiger partial charge in [-0.25, -0.2) is 4.79 Å². The summed E-state index contributed by atoms with van der Waals surface area (Å²) in [7, 11) is 2.18. The maximum absolute atomic E-state index is 12.6. The first-order valence-electron chi connectivity index (χ1n) is 12.1. The highest BCUT2D eigenvalue weighted by molar-refractivity contribution is 6.76. The molecule has 3 atom stereocenters. The maximum Gasteiger partial charge on any atom is 0.411 e. The zero-order valence-corrected chi connectivity index (χ0v) is 22.2. The number of aryl methyl sites for hydroxylation is 1. The van der Waals surface area contributed by atoms with Gasteiger partial charge >= 0.3 is 12.1 Å². The van der Waals surface area contributed by atoms with E-state index in [2.05, 4.69) is 52.8 Å². The van der Waals surface area contributed by atoms with Crippen LogP contribution < -0.4 is 5.32 Å². The number of carbonyl (C=O) groups excluding carboxylic acids is 2. The number of hydrogen-bond acceptors (Lipinski definition) is 5. The van der Waals surface area contributed by atoms with Gasteiger partial charge in [0.15, 0.2) is 0 Å². The fourth-order valence-corrected chi connectivity index (χ4v) is 5.34. The van der Waals surface area contributed by atoms with Crippen LogP contribution >= 0.6 is 0 Å². The van der Waals surface area contributed by atoms with E-state index in [1.807, 2.05) is 43.4 Å². The lowest BCUT2D eigenvalue weighted by atomic mass is 10.1. The molecular weight excluding hydrogens is 458 g/mol. The highest BCUT2D eigenvalue weighted by Gasteiger charge is 2.54. The van der Waals surface area contributed by atoms with Crippen LogP contribution in [0.1, 0.15) is 17.2 Å². The first-order chi connectivity index (χ1) is 16.7. The summed E-state index contributed by atoms with van der Waals surface area (Å²) in [6.45, 7) is 7.85. The molecule has 186 valence electrons. The van der Waals surface area contributed by atoms with E-state index in [0.717, 1.165) is 18.0 Å². The molecule has 1 unspecified atom stereocenters. The largest absolute Gasteiger partial charge is 0.468 e. The van der Waals surface area contributed by atoms with Crippen molar-refractivity contribution in [1.29, 1.82) is 0 Å². The van der Waals surface area contributed by atoms with Gasteiger partial charge < -0.3 is 14.0 Å². The summed E-state index contributed by atoms with van der Waals surface area (Å²) in [5.41, 5.74) is 3.99. The van der Waals surface area contributed by atoms with Crippen molar-refractivity contribution in [3.05, 3.63) is 65.9 Å². The van der Waals surface area contributed by atoms with Crippen LogP contribution in [0.2, 0.25) is 25.7 Å². The van der Waals surface area contributed by atoms with E-state index >= 15 is 0 Å². The van der Waals surface area contributed by atoms with Crippen molar-refractivity contribution in [3.8, 4) is 0 Å². The summed E-state index contributed by atoms with van der Waals surface area (Å²) in [6.07, 6.45) is 2.50. The lowest BCUT2D eigenvalue weighted by molar-refractivity contribution is -0.140. The standard InChI is InChI=1S/C27H35N3O4Si/c1-29-18-19(20-10-7-9-13-23(20)29)14-15-30-24(25(30)26(31)33-2)21-11-6-8-12-22(21)28-27(32)34-16-17-35(3,4)5/h6-13,18,24-25H,14-17H2,1-5H3,(H,28,32)/t24-,25+,30?/m0/s1.